The summed E-state index contributed by atoms with van der Waals surface area (Å²) >= 11 is 0. The zero-order chi connectivity index (χ0) is 16.1. The molecule has 118 valence electrons. The van der Waals surface area contributed by atoms with Gasteiger partial charge < -0.3 is 0 Å². The fourth-order valence-electron chi connectivity index (χ4n) is 2.28. The molecule has 1 aliphatic rings. The summed E-state index contributed by atoms with van der Waals surface area (Å²) in [7, 11) is -4.29. The molecule has 0 N–H and O–H groups in total. The van der Waals surface area contributed by atoms with Crippen molar-refractivity contribution in [3.05, 3.63) is 41.2 Å². The summed E-state index contributed by atoms with van der Waals surface area (Å²) in [5, 5.41) is 4.08. The molecule has 0 bridgehead atoms. The lowest BCUT2D eigenvalue weighted by Crippen LogP contribution is -2.39. The van der Waals surface area contributed by atoms with Gasteiger partial charge in [0.15, 0.2) is 11.6 Å². The molecule has 0 amide bonds. The first-order valence-corrected chi connectivity index (χ1v) is 7.78. The molecule has 2 aromatic rings. The van der Waals surface area contributed by atoms with E-state index < -0.39 is 32.4 Å². The molecule has 1 aromatic carbocycles. The minimum absolute atomic E-state index is 0.0383. The van der Waals surface area contributed by atoms with Gasteiger partial charge in [-0.05, 0) is 13.0 Å². The topological polar surface area (TPSA) is 68.1 Å². The first-order chi connectivity index (χ1) is 10.3. The summed E-state index contributed by atoms with van der Waals surface area (Å²) in [4.78, 5) is 3.19. The van der Waals surface area contributed by atoms with Crippen molar-refractivity contribution in [1.82, 2.24) is 19.1 Å². The van der Waals surface area contributed by atoms with Crippen LogP contribution < -0.4 is 0 Å². The van der Waals surface area contributed by atoms with Gasteiger partial charge in [0.1, 0.15) is 22.4 Å². The Morgan fingerprint density at radius 2 is 1.77 bits per heavy atom. The maximum Gasteiger partial charge on any atom is 0.246 e. The van der Waals surface area contributed by atoms with Crippen LogP contribution in [-0.2, 0) is 23.1 Å². The van der Waals surface area contributed by atoms with Crippen LogP contribution in [0.2, 0.25) is 0 Å². The summed E-state index contributed by atoms with van der Waals surface area (Å²) in [6, 6.07) is 0.573. The minimum atomic E-state index is -4.29. The highest BCUT2D eigenvalue weighted by molar-refractivity contribution is 7.89. The summed E-state index contributed by atoms with van der Waals surface area (Å²) in [6.45, 7) is 1.85. The number of benzene rings is 1. The third kappa shape index (κ3) is 2.37. The Hall–Kier alpha value is -1.94. The Morgan fingerprint density at radius 3 is 2.50 bits per heavy atom. The van der Waals surface area contributed by atoms with E-state index in [2.05, 4.69) is 10.1 Å². The van der Waals surface area contributed by atoms with Gasteiger partial charge in [-0.25, -0.2) is 31.3 Å². The van der Waals surface area contributed by atoms with Crippen molar-refractivity contribution in [1.29, 1.82) is 0 Å². The van der Waals surface area contributed by atoms with Crippen LogP contribution in [0.25, 0.3) is 0 Å². The first-order valence-electron chi connectivity index (χ1n) is 6.34. The van der Waals surface area contributed by atoms with Gasteiger partial charge in [-0.2, -0.15) is 9.40 Å². The molecule has 0 aliphatic carbocycles. The van der Waals surface area contributed by atoms with E-state index in [0.29, 0.717) is 17.7 Å². The van der Waals surface area contributed by atoms with Gasteiger partial charge in [-0.15, -0.1) is 0 Å². The number of rotatable bonds is 2. The van der Waals surface area contributed by atoms with Crippen LogP contribution in [0.15, 0.2) is 17.0 Å². The lowest BCUT2D eigenvalue weighted by molar-refractivity contribution is 0.319. The third-order valence-electron chi connectivity index (χ3n) is 3.33. The summed E-state index contributed by atoms with van der Waals surface area (Å²) in [5.41, 5.74) is 0. The molecule has 0 spiro atoms. The van der Waals surface area contributed by atoms with Gasteiger partial charge in [0.2, 0.25) is 10.0 Å². The standard InChI is InChI=1S/C12H11F3N4O2S/c1-7-16-12-6-18(2-3-19(12)17-7)22(20,21)11-5-9(14)8(13)4-10(11)15/h4-5H,2-3,6H2,1H3. The van der Waals surface area contributed by atoms with Gasteiger partial charge in [0.25, 0.3) is 0 Å². The van der Waals surface area contributed by atoms with Gasteiger partial charge in [-0.3, -0.25) is 0 Å². The quantitative estimate of drug-likeness (QED) is 0.775. The average molecular weight is 332 g/mol. The van der Waals surface area contributed by atoms with E-state index in [4.69, 9.17) is 0 Å². The van der Waals surface area contributed by atoms with Crippen LogP contribution in [0, 0.1) is 24.4 Å². The second-order valence-corrected chi connectivity index (χ2v) is 6.74. The molecule has 3 rings (SSSR count). The fourth-order valence-corrected chi connectivity index (χ4v) is 3.73. The van der Waals surface area contributed by atoms with Gasteiger partial charge in [-0.1, -0.05) is 0 Å². The summed E-state index contributed by atoms with van der Waals surface area (Å²) < 4.78 is 67.3. The lowest BCUT2D eigenvalue weighted by Gasteiger charge is -2.26. The van der Waals surface area contributed by atoms with E-state index >= 15 is 0 Å². The van der Waals surface area contributed by atoms with Crippen LogP contribution in [0.5, 0.6) is 0 Å². The van der Waals surface area contributed by atoms with Crippen molar-refractivity contribution in [3.63, 3.8) is 0 Å². The molecular formula is C12H11F3N4O2S. The molecular weight excluding hydrogens is 321 g/mol. The Labute approximate surface area is 124 Å². The SMILES string of the molecule is Cc1nc2n(n1)CCN(S(=O)(=O)c1cc(F)c(F)cc1F)C2. The minimum Gasteiger partial charge on any atom is -0.247 e. The maximum absolute atomic E-state index is 13.7. The fraction of sp³-hybridized carbons (Fsp3) is 0.333. The van der Waals surface area contributed by atoms with E-state index in [1.807, 2.05) is 0 Å². The zero-order valence-electron chi connectivity index (χ0n) is 11.4. The van der Waals surface area contributed by atoms with Crippen molar-refractivity contribution in [2.75, 3.05) is 6.54 Å². The van der Waals surface area contributed by atoms with Crippen molar-refractivity contribution >= 4 is 10.0 Å². The molecule has 22 heavy (non-hydrogen) atoms. The Balaban J connectivity index is 1.99. The Morgan fingerprint density at radius 1 is 1.09 bits per heavy atom. The molecule has 10 heteroatoms. The molecule has 0 unspecified atom stereocenters. The number of sulfonamides is 1. The molecule has 1 aliphatic heterocycles. The number of aromatic nitrogens is 3. The second-order valence-electron chi connectivity index (χ2n) is 4.83. The molecule has 0 radical (unpaired) electrons. The van der Waals surface area contributed by atoms with E-state index in [1.54, 1.807) is 11.6 Å². The van der Waals surface area contributed by atoms with Crippen LogP contribution in [0.1, 0.15) is 11.6 Å². The highest BCUT2D eigenvalue weighted by Gasteiger charge is 2.32. The highest BCUT2D eigenvalue weighted by Crippen LogP contribution is 2.25. The van der Waals surface area contributed by atoms with Crippen LogP contribution >= 0.6 is 0 Å². The van der Waals surface area contributed by atoms with E-state index in [1.165, 1.54) is 0 Å². The zero-order valence-corrected chi connectivity index (χ0v) is 12.2. The van der Waals surface area contributed by atoms with Crippen molar-refractivity contribution in [2.45, 2.75) is 24.9 Å². The first kappa shape index (κ1) is 15.0. The van der Waals surface area contributed by atoms with Gasteiger partial charge in [0.05, 0.1) is 13.1 Å². The number of hydrogen-bond donors (Lipinski definition) is 0. The number of hydrogen-bond acceptors (Lipinski definition) is 4. The molecule has 6 nitrogen and oxygen atoms in total. The highest BCUT2D eigenvalue weighted by atomic mass is 32.2. The number of halogens is 3. The van der Waals surface area contributed by atoms with Crippen LogP contribution in [0.4, 0.5) is 13.2 Å². The van der Waals surface area contributed by atoms with Crippen molar-refractivity contribution in [2.24, 2.45) is 0 Å². The molecule has 0 saturated carbocycles. The largest absolute Gasteiger partial charge is 0.247 e. The molecule has 1 aromatic heterocycles. The predicted molar refractivity (Wildman–Crippen MR) is 68.7 cm³/mol. The van der Waals surface area contributed by atoms with Crippen LogP contribution in [-0.4, -0.2) is 34.0 Å². The van der Waals surface area contributed by atoms with Crippen LogP contribution in [0.3, 0.4) is 0 Å². The number of fused-ring (bicyclic) bond motifs is 1. The van der Waals surface area contributed by atoms with Crippen molar-refractivity contribution in [3.8, 4) is 0 Å². The summed E-state index contributed by atoms with van der Waals surface area (Å²) in [6.07, 6.45) is 0. The Bertz CT molecular complexity index is 850. The lowest BCUT2D eigenvalue weighted by atomic mass is 10.3. The second kappa shape index (κ2) is 5.06. The third-order valence-corrected chi connectivity index (χ3v) is 5.19. The predicted octanol–water partition coefficient (Wildman–Crippen LogP) is 1.21. The smallest absolute Gasteiger partial charge is 0.246 e. The van der Waals surface area contributed by atoms with Crippen molar-refractivity contribution < 1.29 is 21.6 Å². The molecule has 2 heterocycles. The monoisotopic (exact) mass is 332 g/mol. The number of nitrogens with zero attached hydrogens (tertiary/aromatic N) is 4. The Kier molecular flexibility index (Phi) is 3.44. The normalized spacial score (nSPS) is 15.8. The number of aryl methyl sites for hydroxylation is 1. The van der Waals surface area contributed by atoms with Gasteiger partial charge >= 0.3 is 0 Å². The molecule has 0 saturated heterocycles. The van der Waals surface area contributed by atoms with E-state index in [0.717, 1.165) is 4.31 Å². The van der Waals surface area contributed by atoms with Gasteiger partial charge in [0, 0.05) is 12.6 Å². The average Bonchev–Trinajstić information content (AvgIpc) is 2.81. The molecule has 0 fully saturated rings. The van der Waals surface area contributed by atoms with E-state index in [9.17, 15) is 21.6 Å². The molecule has 0 atom stereocenters. The maximum atomic E-state index is 13.7. The van der Waals surface area contributed by atoms with E-state index in [-0.39, 0.29) is 25.7 Å². The summed E-state index contributed by atoms with van der Waals surface area (Å²) in [5.74, 6) is -3.29.